The Morgan fingerprint density at radius 3 is 2.03 bits per heavy atom. The number of nitrogens with zero attached hydrogens (tertiary/aromatic N) is 3. The molecule has 1 aliphatic rings. The number of carbonyl (C=O) groups is 1. The van der Waals surface area contributed by atoms with E-state index in [0.29, 0.717) is 32.7 Å². The molecular weight excluding hydrogens is 461 g/mol. The van der Waals surface area contributed by atoms with Gasteiger partial charge in [0.1, 0.15) is 5.54 Å². The third-order valence-corrected chi connectivity index (χ3v) is 6.43. The van der Waals surface area contributed by atoms with E-state index in [9.17, 15) is 9.90 Å². The highest BCUT2D eigenvalue weighted by Gasteiger charge is 2.66. The third-order valence-electron chi connectivity index (χ3n) is 5.92. The van der Waals surface area contributed by atoms with E-state index in [1.807, 2.05) is 0 Å². The maximum Gasteiger partial charge on any atom is 0.332 e. The van der Waals surface area contributed by atoms with Gasteiger partial charge in [-0.05, 0) is 67.1 Å². The van der Waals surface area contributed by atoms with Gasteiger partial charge in [-0.3, -0.25) is 9.80 Å². The highest BCUT2D eigenvalue weighted by atomic mass is 35.5. The van der Waals surface area contributed by atoms with Gasteiger partial charge in [0, 0.05) is 28.5 Å². The molecule has 0 radical (unpaired) electrons. The average molecular weight is 482 g/mol. The van der Waals surface area contributed by atoms with E-state index in [1.165, 1.54) is 16.9 Å². The molecule has 0 aromatic heterocycles. The number of methoxy groups -OCH3 is 1. The summed E-state index contributed by atoms with van der Waals surface area (Å²) in [7, 11) is 1.51. The SMILES string of the molecule is [C-]#[N+]c1cccc(C2(O)N(c3ccc(Cl)cc3)C(=O)N(c3ccc(Cl)cc3)[C@]2(C)COC)c1. The smallest absolute Gasteiger partial charge is 0.332 e. The van der Waals surface area contributed by atoms with Crippen molar-refractivity contribution < 1.29 is 14.6 Å². The Morgan fingerprint density at radius 2 is 1.52 bits per heavy atom. The van der Waals surface area contributed by atoms with E-state index in [2.05, 4.69) is 4.85 Å². The van der Waals surface area contributed by atoms with Gasteiger partial charge in [0.2, 0.25) is 0 Å². The minimum Gasteiger partial charge on any atom is -0.382 e. The predicted molar refractivity (Wildman–Crippen MR) is 130 cm³/mol. The molecule has 1 heterocycles. The lowest BCUT2D eigenvalue weighted by Gasteiger charge is -2.44. The van der Waals surface area contributed by atoms with E-state index < -0.39 is 17.3 Å². The minimum absolute atomic E-state index is 0.00417. The molecule has 1 aliphatic heterocycles. The van der Waals surface area contributed by atoms with Crippen molar-refractivity contribution >= 4 is 46.3 Å². The monoisotopic (exact) mass is 481 g/mol. The molecule has 33 heavy (non-hydrogen) atoms. The van der Waals surface area contributed by atoms with Gasteiger partial charge >= 0.3 is 6.03 Å². The summed E-state index contributed by atoms with van der Waals surface area (Å²) in [6.45, 7) is 9.18. The normalized spacial score (nSPS) is 22.5. The number of ether oxygens (including phenoxy) is 1. The molecule has 1 N–H and O–H groups in total. The fraction of sp³-hybridized carbons (Fsp3) is 0.200. The van der Waals surface area contributed by atoms with Crippen LogP contribution in [-0.2, 0) is 10.5 Å². The van der Waals surface area contributed by atoms with Gasteiger partial charge in [0.15, 0.2) is 11.4 Å². The van der Waals surface area contributed by atoms with E-state index >= 15 is 0 Å². The molecule has 0 bridgehead atoms. The quantitative estimate of drug-likeness (QED) is 0.438. The van der Waals surface area contributed by atoms with Crippen LogP contribution in [0.15, 0.2) is 72.8 Å². The number of aliphatic hydroxyl groups is 1. The molecule has 4 rings (SSSR count). The van der Waals surface area contributed by atoms with E-state index in [4.69, 9.17) is 34.5 Å². The number of carbonyl (C=O) groups excluding carboxylic acids is 1. The zero-order valence-electron chi connectivity index (χ0n) is 18.0. The van der Waals surface area contributed by atoms with Gasteiger partial charge in [0.05, 0.1) is 13.2 Å². The number of anilines is 2. The molecular formula is C25H21Cl2N3O3. The maximum atomic E-state index is 14.0. The number of hydrogen-bond acceptors (Lipinski definition) is 3. The van der Waals surface area contributed by atoms with Crippen molar-refractivity contribution in [3.63, 3.8) is 0 Å². The van der Waals surface area contributed by atoms with Crippen LogP contribution >= 0.6 is 23.2 Å². The second-order valence-electron chi connectivity index (χ2n) is 7.95. The molecule has 168 valence electrons. The van der Waals surface area contributed by atoms with Crippen LogP contribution in [0.4, 0.5) is 21.9 Å². The molecule has 3 aromatic rings. The van der Waals surface area contributed by atoms with Crippen molar-refractivity contribution in [3.8, 4) is 0 Å². The Labute approximate surface area is 202 Å². The summed E-state index contributed by atoms with van der Waals surface area (Å²) >= 11 is 12.2. The fourth-order valence-corrected chi connectivity index (χ4v) is 4.65. The summed E-state index contributed by atoms with van der Waals surface area (Å²) in [5.74, 6) is 0. The first-order chi connectivity index (χ1) is 15.8. The Kier molecular flexibility index (Phi) is 6.08. The number of amides is 2. The van der Waals surface area contributed by atoms with Gasteiger partial charge < -0.3 is 9.84 Å². The van der Waals surface area contributed by atoms with Crippen LogP contribution in [0.5, 0.6) is 0 Å². The lowest BCUT2D eigenvalue weighted by Crippen LogP contribution is -2.60. The molecule has 3 aromatic carbocycles. The summed E-state index contributed by atoms with van der Waals surface area (Å²) in [4.78, 5) is 20.3. The van der Waals surface area contributed by atoms with Crippen LogP contribution in [0.2, 0.25) is 10.0 Å². The average Bonchev–Trinajstić information content (AvgIpc) is 2.98. The summed E-state index contributed by atoms with van der Waals surface area (Å²) in [6, 6.07) is 19.6. The number of hydrogen-bond donors (Lipinski definition) is 1. The number of rotatable bonds is 5. The first-order valence-corrected chi connectivity index (χ1v) is 10.9. The highest BCUT2D eigenvalue weighted by Crippen LogP contribution is 2.51. The van der Waals surface area contributed by atoms with Crippen LogP contribution in [0.25, 0.3) is 4.85 Å². The Hall–Kier alpha value is -3.08. The minimum atomic E-state index is -1.89. The van der Waals surface area contributed by atoms with E-state index in [-0.39, 0.29) is 6.61 Å². The summed E-state index contributed by atoms with van der Waals surface area (Å²) in [6.07, 6.45) is 0. The van der Waals surface area contributed by atoms with Crippen LogP contribution in [0, 0.1) is 6.57 Å². The van der Waals surface area contributed by atoms with Crippen molar-refractivity contribution in [2.24, 2.45) is 0 Å². The van der Waals surface area contributed by atoms with Crippen LogP contribution < -0.4 is 9.80 Å². The molecule has 1 unspecified atom stereocenters. The van der Waals surface area contributed by atoms with Gasteiger partial charge in [-0.25, -0.2) is 9.64 Å². The Morgan fingerprint density at radius 1 is 0.970 bits per heavy atom. The van der Waals surface area contributed by atoms with Gasteiger partial charge in [-0.2, -0.15) is 0 Å². The zero-order valence-corrected chi connectivity index (χ0v) is 19.5. The third kappa shape index (κ3) is 3.64. The molecule has 6 nitrogen and oxygen atoms in total. The molecule has 0 aliphatic carbocycles. The van der Waals surface area contributed by atoms with Crippen molar-refractivity contribution in [1.82, 2.24) is 0 Å². The zero-order chi connectivity index (χ0) is 23.8. The van der Waals surface area contributed by atoms with E-state index in [0.717, 1.165) is 0 Å². The topological polar surface area (TPSA) is 57.4 Å². The predicted octanol–water partition coefficient (Wildman–Crippen LogP) is 6.24. The molecule has 0 saturated carbocycles. The highest BCUT2D eigenvalue weighted by molar-refractivity contribution is 6.31. The Balaban J connectivity index is 2.02. The largest absolute Gasteiger partial charge is 0.382 e. The first-order valence-electron chi connectivity index (χ1n) is 10.1. The first kappa shape index (κ1) is 23.1. The van der Waals surface area contributed by atoms with Crippen LogP contribution in [0.3, 0.4) is 0 Å². The summed E-state index contributed by atoms with van der Waals surface area (Å²) < 4.78 is 5.54. The molecule has 1 saturated heterocycles. The van der Waals surface area contributed by atoms with Crippen molar-refractivity contribution in [3.05, 3.63) is 99.8 Å². The summed E-state index contributed by atoms with van der Waals surface area (Å²) in [5.41, 5.74) is -1.47. The fourth-order valence-electron chi connectivity index (χ4n) is 4.40. The van der Waals surface area contributed by atoms with Gasteiger partial charge in [-0.15, -0.1) is 0 Å². The molecule has 0 spiro atoms. The van der Waals surface area contributed by atoms with Crippen molar-refractivity contribution in [2.45, 2.75) is 18.2 Å². The standard InChI is InChI=1S/C25H21Cl2N3O3/c1-24(16-33-3)25(32,17-5-4-6-20(15-17)28-2)30(22-13-9-19(27)10-14-22)23(31)29(24)21-11-7-18(26)8-12-21/h4-15,32H,16H2,1,3H3/t24-,25?/m1/s1. The van der Waals surface area contributed by atoms with Crippen molar-refractivity contribution in [1.29, 1.82) is 0 Å². The number of urea groups is 1. The van der Waals surface area contributed by atoms with E-state index in [1.54, 1.807) is 79.7 Å². The number of benzene rings is 3. The lowest BCUT2D eigenvalue weighted by atomic mass is 9.82. The van der Waals surface area contributed by atoms with Crippen LogP contribution in [-0.4, -0.2) is 30.4 Å². The molecule has 1 fully saturated rings. The molecule has 8 heteroatoms. The van der Waals surface area contributed by atoms with Gasteiger partial charge in [0.25, 0.3) is 0 Å². The molecule has 2 atom stereocenters. The second-order valence-corrected chi connectivity index (χ2v) is 8.82. The summed E-state index contributed by atoms with van der Waals surface area (Å²) in [5, 5.41) is 13.5. The van der Waals surface area contributed by atoms with Crippen molar-refractivity contribution in [2.75, 3.05) is 23.5 Å². The second kappa shape index (κ2) is 8.69. The Bertz CT molecular complexity index is 1230. The van der Waals surface area contributed by atoms with Gasteiger partial charge in [-0.1, -0.05) is 41.4 Å². The lowest BCUT2D eigenvalue weighted by molar-refractivity contribution is -0.0409. The van der Waals surface area contributed by atoms with Crippen LogP contribution in [0.1, 0.15) is 12.5 Å². The number of halogens is 2. The molecule has 2 amide bonds. The maximum absolute atomic E-state index is 14.0.